The van der Waals surface area contributed by atoms with Crippen molar-refractivity contribution < 1.29 is 28.2 Å². The zero-order valence-electron chi connectivity index (χ0n) is 23.0. The van der Waals surface area contributed by atoms with Gasteiger partial charge < -0.3 is 28.7 Å². The normalized spacial score (nSPS) is 15.5. The smallest absolute Gasteiger partial charge is 0.322 e. The van der Waals surface area contributed by atoms with Gasteiger partial charge in [0.1, 0.15) is 5.75 Å². The number of furan rings is 1. The van der Waals surface area contributed by atoms with Gasteiger partial charge in [-0.3, -0.25) is 4.79 Å². The summed E-state index contributed by atoms with van der Waals surface area (Å²) in [5.74, 6) is 0.774. The van der Waals surface area contributed by atoms with E-state index in [0.29, 0.717) is 0 Å². The van der Waals surface area contributed by atoms with Crippen LogP contribution < -0.4 is 34.6 Å². The van der Waals surface area contributed by atoms with E-state index in [9.17, 15) is 4.79 Å². The average molecular weight is 542 g/mol. The summed E-state index contributed by atoms with van der Waals surface area (Å²) in [4.78, 5) is 21.2. The molecule has 0 radical (unpaired) electrons. The fraction of sp³-hybridized carbons (Fsp3) is 0.423. The molecule has 0 aliphatic carbocycles. The number of fused-ring (bicyclic) bond motifs is 1. The Bertz CT molecular complexity index is 1330. The van der Waals surface area contributed by atoms with Crippen molar-refractivity contribution >= 4 is 38.1 Å². The van der Waals surface area contributed by atoms with Crippen molar-refractivity contribution in [1.29, 1.82) is 0 Å². The quantitative estimate of drug-likeness (QED) is 0.433. The van der Waals surface area contributed by atoms with E-state index in [4.69, 9.17) is 23.4 Å². The van der Waals surface area contributed by atoms with Crippen LogP contribution in [0.4, 0.5) is 5.69 Å². The number of hydrogen-bond donors (Lipinski definition) is 1. The van der Waals surface area contributed by atoms with Crippen molar-refractivity contribution in [3.05, 3.63) is 35.1 Å². The Morgan fingerprint density at radius 2 is 1.57 bits per heavy atom. The van der Waals surface area contributed by atoms with E-state index in [1.165, 1.54) is 44.2 Å². The average Bonchev–Trinajstić information content (AvgIpc) is 3.33. The van der Waals surface area contributed by atoms with E-state index in [2.05, 4.69) is 61.4 Å². The van der Waals surface area contributed by atoms with Crippen LogP contribution in [-0.4, -0.2) is 53.4 Å². The Labute approximate surface area is 219 Å². The van der Waals surface area contributed by atoms with Gasteiger partial charge in [-0.25, -0.2) is 0 Å². The van der Waals surface area contributed by atoms with E-state index in [0.717, 1.165) is 11.3 Å². The molecule has 3 heterocycles. The second-order valence-electron chi connectivity index (χ2n) is 10.6. The number of amides is 1. The predicted octanol–water partition coefficient (Wildman–Crippen LogP) is 4.60. The second-order valence-corrected chi connectivity index (χ2v) is 20.2. The summed E-state index contributed by atoms with van der Waals surface area (Å²) in [6.45, 7) is 14.1. The number of nitrogens with one attached hydrogen (secondary N) is 1. The number of aromatic nitrogens is 2. The molecular formula is C26H35N3O6Si2. The summed E-state index contributed by atoms with van der Waals surface area (Å²) in [6.07, 6.45) is 0. The summed E-state index contributed by atoms with van der Waals surface area (Å²) in [6, 6.07) is 8.23. The third kappa shape index (κ3) is 4.97. The topological polar surface area (TPSA) is 105 Å². The molecule has 37 heavy (non-hydrogen) atoms. The molecule has 3 aromatic rings. The number of rotatable bonds is 7. The van der Waals surface area contributed by atoms with Gasteiger partial charge in [0.2, 0.25) is 11.8 Å². The Hall–Kier alpha value is -3.32. The van der Waals surface area contributed by atoms with Gasteiger partial charge in [0.25, 0.3) is 11.9 Å². The van der Waals surface area contributed by atoms with Gasteiger partial charge in [0, 0.05) is 6.07 Å². The molecule has 0 atom stereocenters. The molecule has 11 heteroatoms. The van der Waals surface area contributed by atoms with Crippen LogP contribution in [0, 0.1) is 13.8 Å². The lowest BCUT2D eigenvalue weighted by atomic mass is 10.1. The first kappa shape index (κ1) is 26.7. The highest BCUT2D eigenvalue weighted by atomic mass is 28.3. The summed E-state index contributed by atoms with van der Waals surface area (Å²) < 4.78 is 27.7. The van der Waals surface area contributed by atoms with Crippen LogP contribution >= 0.6 is 0 Å². The molecule has 1 aliphatic heterocycles. The van der Waals surface area contributed by atoms with Crippen LogP contribution in [0.25, 0.3) is 0 Å². The Kier molecular flexibility index (Phi) is 7.13. The number of nitrogens with zero attached hydrogens (tertiary/aromatic N) is 2. The van der Waals surface area contributed by atoms with Gasteiger partial charge in [-0.15, -0.1) is 0 Å². The van der Waals surface area contributed by atoms with E-state index < -0.39 is 22.1 Å². The number of ether oxygens (including phenoxy) is 4. The molecule has 1 aliphatic rings. The monoisotopic (exact) mass is 541 g/mol. The minimum absolute atomic E-state index is 0.0495. The summed E-state index contributed by atoms with van der Waals surface area (Å²) in [7, 11) is 1.21. The van der Waals surface area contributed by atoms with Crippen molar-refractivity contribution in [2.24, 2.45) is 0 Å². The van der Waals surface area contributed by atoms with Gasteiger partial charge in [-0.2, -0.15) is 9.97 Å². The molecule has 1 amide bonds. The molecule has 198 valence electrons. The van der Waals surface area contributed by atoms with Crippen LogP contribution in [-0.2, 0) is 0 Å². The van der Waals surface area contributed by atoms with Crippen LogP contribution in [0.5, 0.6) is 29.5 Å². The van der Waals surface area contributed by atoms with Crippen LogP contribution in [0.2, 0.25) is 38.3 Å². The van der Waals surface area contributed by atoms with Crippen LogP contribution in [0.3, 0.4) is 0 Å². The molecule has 0 spiro atoms. The first-order chi connectivity index (χ1) is 17.4. The molecular weight excluding hydrogens is 506 g/mol. The third-order valence-electron chi connectivity index (χ3n) is 7.12. The summed E-state index contributed by atoms with van der Waals surface area (Å²) >= 11 is 0. The lowest BCUT2D eigenvalue weighted by molar-refractivity contribution is 0.0990. The fourth-order valence-electron chi connectivity index (χ4n) is 5.08. The maximum absolute atomic E-state index is 13.0. The summed E-state index contributed by atoms with van der Waals surface area (Å²) in [5.41, 5.74) is 2.44. The van der Waals surface area contributed by atoms with Crippen molar-refractivity contribution in [3.8, 4) is 29.5 Å². The van der Waals surface area contributed by atoms with E-state index >= 15 is 0 Å². The highest BCUT2D eigenvalue weighted by Gasteiger charge is 2.41. The first-order valence-corrected chi connectivity index (χ1v) is 18.6. The number of benzene rings is 1. The number of methoxy groups -OCH3 is 3. The lowest BCUT2D eigenvalue weighted by Crippen LogP contribution is -2.64. The SMILES string of the molecule is COc1nc(OC)c(NC(=O)c2ccc(Oc3c(C)cc4c(c3C)[Si](C)(C)CC[Si]4(C)C)o2)c(OC)n1. The number of carbonyl (C=O) groups is 1. The molecule has 1 aromatic carbocycles. The highest BCUT2D eigenvalue weighted by molar-refractivity contribution is 7.03. The Morgan fingerprint density at radius 3 is 2.16 bits per heavy atom. The molecule has 0 saturated heterocycles. The standard InChI is InChI=1S/C26H35N3O6Si2/c1-15-14-18-22(37(8,9)13-12-36(18,6)7)16(2)21(15)35-19-11-10-17(34-19)23(30)27-20-24(31-3)28-26(33-5)29-25(20)32-4/h10-11,14H,12-13H2,1-9H3,(H,27,30). The van der Waals surface area contributed by atoms with E-state index in [1.807, 2.05) is 0 Å². The molecule has 4 rings (SSSR count). The van der Waals surface area contributed by atoms with Crippen molar-refractivity contribution in [3.63, 3.8) is 0 Å². The minimum Gasteiger partial charge on any atom is -0.479 e. The number of aryl methyl sites for hydroxylation is 1. The van der Waals surface area contributed by atoms with Crippen molar-refractivity contribution in [1.82, 2.24) is 9.97 Å². The second kappa shape index (κ2) is 9.86. The predicted molar refractivity (Wildman–Crippen MR) is 148 cm³/mol. The zero-order chi connectivity index (χ0) is 27.1. The van der Waals surface area contributed by atoms with Gasteiger partial charge in [-0.05, 0) is 31.0 Å². The van der Waals surface area contributed by atoms with Crippen molar-refractivity contribution in [2.75, 3.05) is 26.6 Å². The molecule has 0 bridgehead atoms. The number of carbonyl (C=O) groups excluding carboxylic acids is 1. The van der Waals surface area contributed by atoms with E-state index in [-0.39, 0.29) is 35.2 Å². The fourth-order valence-corrected chi connectivity index (χ4v) is 16.0. The maximum Gasteiger partial charge on any atom is 0.322 e. The molecule has 9 nitrogen and oxygen atoms in total. The largest absolute Gasteiger partial charge is 0.479 e. The molecule has 0 unspecified atom stereocenters. The third-order valence-corrected chi connectivity index (χ3v) is 14.7. The number of anilines is 1. The lowest BCUT2D eigenvalue weighted by Gasteiger charge is -2.41. The highest BCUT2D eigenvalue weighted by Crippen LogP contribution is 2.36. The van der Waals surface area contributed by atoms with Gasteiger partial charge in [-0.1, -0.05) is 54.7 Å². The first-order valence-electron chi connectivity index (χ1n) is 12.2. The van der Waals surface area contributed by atoms with E-state index in [1.54, 1.807) is 17.3 Å². The van der Waals surface area contributed by atoms with Crippen LogP contribution in [0.1, 0.15) is 21.7 Å². The molecule has 0 saturated carbocycles. The van der Waals surface area contributed by atoms with Crippen molar-refractivity contribution in [2.45, 2.75) is 52.1 Å². The zero-order valence-corrected chi connectivity index (χ0v) is 25.0. The summed E-state index contributed by atoms with van der Waals surface area (Å²) in [5, 5.41) is 5.80. The molecule has 2 aromatic heterocycles. The van der Waals surface area contributed by atoms with Gasteiger partial charge in [0.05, 0.1) is 37.5 Å². The number of hydrogen-bond acceptors (Lipinski definition) is 8. The minimum atomic E-state index is -1.58. The Morgan fingerprint density at radius 1 is 0.946 bits per heavy atom. The maximum atomic E-state index is 13.0. The Balaban J connectivity index is 1.62. The molecule has 1 N–H and O–H groups in total. The van der Waals surface area contributed by atoms with Gasteiger partial charge in [0.15, 0.2) is 11.4 Å². The van der Waals surface area contributed by atoms with Crippen LogP contribution in [0.15, 0.2) is 22.6 Å². The van der Waals surface area contributed by atoms with Gasteiger partial charge >= 0.3 is 6.01 Å². The molecule has 0 fully saturated rings.